The monoisotopic (exact) mass is 300 g/mol. The van der Waals surface area contributed by atoms with Crippen LogP contribution >= 0.6 is 11.3 Å². The molecule has 108 valence electrons. The molecule has 1 aromatic carbocycles. The smallest absolute Gasteiger partial charge is 0.143 e. The number of rotatable bonds is 4. The Morgan fingerprint density at radius 3 is 2.76 bits per heavy atom. The van der Waals surface area contributed by atoms with Gasteiger partial charge in [0.05, 0.1) is 29.1 Å². The molecule has 0 atom stereocenters. The molecule has 0 aliphatic rings. The largest absolute Gasteiger partial charge is 0.493 e. The van der Waals surface area contributed by atoms with E-state index in [0.717, 1.165) is 39.0 Å². The molecule has 0 fully saturated rings. The van der Waals surface area contributed by atoms with Crippen LogP contribution in [0.5, 0.6) is 5.75 Å². The second-order valence-corrected chi connectivity index (χ2v) is 5.52. The summed E-state index contributed by atoms with van der Waals surface area (Å²) in [5.74, 6) is 1.65. The van der Waals surface area contributed by atoms with Gasteiger partial charge in [0.15, 0.2) is 0 Å². The summed E-state index contributed by atoms with van der Waals surface area (Å²) in [4.78, 5) is 4.73. The van der Waals surface area contributed by atoms with Crippen LogP contribution < -0.4 is 4.74 Å². The van der Waals surface area contributed by atoms with E-state index in [1.165, 1.54) is 0 Å². The number of aromatic nitrogens is 2. The first-order valence-electron chi connectivity index (χ1n) is 6.81. The number of ether oxygens (including phenoxy) is 1. The van der Waals surface area contributed by atoms with E-state index in [0.29, 0.717) is 6.61 Å². The maximum atomic E-state index is 5.67. The predicted molar refractivity (Wildman–Crippen MR) is 83.7 cm³/mol. The van der Waals surface area contributed by atoms with Gasteiger partial charge in [-0.2, -0.15) is 0 Å². The maximum absolute atomic E-state index is 5.67. The van der Waals surface area contributed by atoms with Gasteiger partial charge >= 0.3 is 0 Å². The lowest BCUT2D eigenvalue weighted by Crippen LogP contribution is -1.93. The van der Waals surface area contributed by atoms with Gasteiger partial charge < -0.3 is 9.26 Å². The molecule has 0 aliphatic heterocycles. The Kier molecular flexibility index (Phi) is 3.75. The van der Waals surface area contributed by atoms with E-state index in [2.05, 4.69) is 5.16 Å². The molecule has 0 N–H and O–H groups in total. The fraction of sp³-hybridized carbons (Fsp3) is 0.250. The van der Waals surface area contributed by atoms with Crippen LogP contribution in [0, 0.1) is 13.8 Å². The lowest BCUT2D eigenvalue weighted by molar-refractivity contribution is 0.341. The van der Waals surface area contributed by atoms with Crippen molar-refractivity contribution in [3.8, 4) is 27.6 Å². The number of hydrogen-bond acceptors (Lipinski definition) is 5. The van der Waals surface area contributed by atoms with Gasteiger partial charge in [-0.1, -0.05) is 17.3 Å². The summed E-state index contributed by atoms with van der Waals surface area (Å²) in [5, 5.41) is 6.96. The fourth-order valence-corrected chi connectivity index (χ4v) is 3.13. The standard InChI is InChI=1S/C16H16N2O2S/c1-4-19-14-8-6-5-7-12(14)16-17-13(9-21-16)15-10(2)18-20-11(15)3/h5-9H,4H2,1-3H3. The molecule has 0 spiro atoms. The van der Waals surface area contributed by atoms with Crippen molar-refractivity contribution in [3.63, 3.8) is 0 Å². The van der Waals surface area contributed by atoms with E-state index >= 15 is 0 Å². The third kappa shape index (κ3) is 2.56. The van der Waals surface area contributed by atoms with Crippen LogP contribution in [-0.2, 0) is 0 Å². The minimum Gasteiger partial charge on any atom is -0.493 e. The van der Waals surface area contributed by atoms with Crippen molar-refractivity contribution in [2.24, 2.45) is 0 Å². The van der Waals surface area contributed by atoms with Gasteiger partial charge in [0.2, 0.25) is 0 Å². The molecule has 0 amide bonds. The van der Waals surface area contributed by atoms with Crippen LogP contribution in [0.1, 0.15) is 18.4 Å². The normalized spacial score (nSPS) is 10.8. The fourth-order valence-electron chi connectivity index (χ4n) is 2.29. The summed E-state index contributed by atoms with van der Waals surface area (Å²) < 4.78 is 10.9. The summed E-state index contributed by atoms with van der Waals surface area (Å²) in [5.41, 5.74) is 3.76. The number of aryl methyl sites for hydroxylation is 2. The van der Waals surface area contributed by atoms with Crippen LogP contribution in [0.25, 0.3) is 21.8 Å². The van der Waals surface area contributed by atoms with Gasteiger partial charge in [0.25, 0.3) is 0 Å². The molecule has 0 unspecified atom stereocenters. The van der Waals surface area contributed by atoms with Crippen molar-refractivity contribution in [1.29, 1.82) is 0 Å². The van der Waals surface area contributed by atoms with Gasteiger partial charge in [-0.05, 0) is 32.9 Å². The van der Waals surface area contributed by atoms with Crippen molar-refractivity contribution < 1.29 is 9.26 Å². The zero-order chi connectivity index (χ0) is 14.8. The highest BCUT2D eigenvalue weighted by molar-refractivity contribution is 7.13. The van der Waals surface area contributed by atoms with Crippen molar-refractivity contribution in [3.05, 3.63) is 41.1 Å². The number of nitrogens with zero attached hydrogens (tertiary/aromatic N) is 2. The summed E-state index contributed by atoms with van der Waals surface area (Å²) >= 11 is 1.60. The summed E-state index contributed by atoms with van der Waals surface area (Å²) in [6, 6.07) is 7.96. The number of hydrogen-bond donors (Lipinski definition) is 0. The molecule has 3 rings (SSSR count). The summed E-state index contributed by atoms with van der Waals surface area (Å²) in [6.45, 7) is 6.45. The van der Waals surface area contributed by atoms with E-state index in [1.807, 2.05) is 50.4 Å². The molecule has 0 aliphatic carbocycles. The van der Waals surface area contributed by atoms with Crippen molar-refractivity contribution in [2.75, 3.05) is 6.61 Å². The van der Waals surface area contributed by atoms with Gasteiger partial charge in [-0.3, -0.25) is 0 Å². The lowest BCUT2D eigenvalue weighted by atomic mass is 10.1. The zero-order valence-corrected chi connectivity index (χ0v) is 13.0. The number of benzene rings is 1. The molecule has 21 heavy (non-hydrogen) atoms. The Labute approximate surface area is 127 Å². The highest BCUT2D eigenvalue weighted by Crippen LogP contribution is 2.36. The molecular weight excluding hydrogens is 284 g/mol. The summed E-state index contributed by atoms with van der Waals surface area (Å²) in [6.07, 6.45) is 0. The Morgan fingerprint density at radius 2 is 2.05 bits per heavy atom. The molecule has 0 saturated carbocycles. The van der Waals surface area contributed by atoms with Crippen LogP contribution in [0.2, 0.25) is 0 Å². The quantitative estimate of drug-likeness (QED) is 0.712. The van der Waals surface area contributed by atoms with E-state index in [1.54, 1.807) is 11.3 Å². The summed E-state index contributed by atoms with van der Waals surface area (Å²) in [7, 11) is 0. The highest BCUT2D eigenvalue weighted by Gasteiger charge is 2.16. The predicted octanol–water partition coefficient (Wildman–Crippen LogP) is 4.48. The van der Waals surface area contributed by atoms with Crippen molar-refractivity contribution >= 4 is 11.3 Å². The number of para-hydroxylation sites is 1. The molecular formula is C16H16N2O2S. The first-order chi connectivity index (χ1) is 10.2. The molecule has 4 nitrogen and oxygen atoms in total. The SMILES string of the molecule is CCOc1ccccc1-c1nc(-c2c(C)noc2C)cs1. The van der Waals surface area contributed by atoms with Gasteiger partial charge in [-0.25, -0.2) is 4.98 Å². The minimum atomic E-state index is 0.638. The molecule has 2 heterocycles. The Bertz CT molecular complexity index is 742. The second-order valence-electron chi connectivity index (χ2n) is 4.67. The maximum Gasteiger partial charge on any atom is 0.143 e. The molecule has 0 bridgehead atoms. The van der Waals surface area contributed by atoms with Crippen LogP contribution in [-0.4, -0.2) is 16.7 Å². The molecule has 2 aromatic heterocycles. The second kappa shape index (κ2) is 5.69. The first-order valence-corrected chi connectivity index (χ1v) is 7.69. The van der Waals surface area contributed by atoms with Crippen LogP contribution in [0.4, 0.5) is 0 Å². The van der Waals surface area contributed by atoms with Crippen molar-refractivity contribution in [2.45, 2.75) is 20.8 Å². The van der Waals surface area contributed by atoms with Gasteiger partial charge in [0, 0.05) is 5.38 Å². The molecule has 0 saturated heterocycles. The third-order valence-corrected chi connectivity index (χ3v) is 4.09. The van der Waals surface area contributed by atoms with Crippen LogP contribution in [0.15, 0.2) is 34.2 Å². The highest BCUT2D eigenvalue weighted by atomic mass is 32.1. The lowest BCUT2D eigenvalue weighted by Gasteiger charge is -2.07. The minimum absolute atomic E-state index is 0.638. The zero-order valence-electron chi connectivity index (χ0n) is 12.2. The van der Waals surface area contributed by atoms with E-state index in [9.17, 15) is 0 Å². The third-order valence-electron chi connectivity index (χ3n) is 3.21. The van der Waals surface area contributed by atoms with Crippen molar-refractivity contribution in [1.82, 2.24) is 10.1 Å². The van der Waals surface area contributed by atoms with Gasteiger partial charge in [0.1, 0.15) is 16.5 Å². The van der Waals surface area contributed by atoms with Gasteiger partial charge in [-0.15, -0.1) is 11.3 Å². The molecule has 5 heteroatoms. The average molecular weight is 300 g/mol. The van der Waals surface area contributed by atoms with E-state index < -0.39 is 0 Å². The Hall–Kier alpha value is -2.14. The Morgan fingerprint density at radius 1 is 1.24 bits per heavy atom. The number of thiazole rings is 1. The topological polar surface area (TPSA) is 48.2 Å². The average Bonchev–Trinajstić information content (AvgIpc) is 3.07. The first kappa shape index (κ1) is 13.8. The van der Waals surface area contributed by atoms with Crippen LogP contribution in [0.3, 0.4) is 0 Å². The van der Waals surface area contributed by atoms with E-state index in [4.69, 9.17) is 14.2 Å². The molecule has 0 radical (unpaired) electrons. The Balaban J connectivity index is 2.03. The molecule has 3 aromatic rings. The van der Waals surface area contributed by atoms with E-state index in [-0.39, 0.29) is 0 Å².